The summed E-state index contributed by atoms with van der Waals surface area (Å²) in [6.45, 7) is 0. The Balaban J connectivity index is 1.56. The molecule has 0 aliphatic rings. The van der Waals surface area contributed by atoms with Gasteiger partial charge in [0, 0.05) is 12.8 Å². The second kappa shape index (κ2) is 13.5. The molecule has 0 spiro atoms. The van der Waals surface area contributed by atoms with E-state index in [-0.39, 0.29) is 11.8 Å². The SMILES string of the molecule is COc1cccc(C=NNC(=O)CCCCCC(=O)NN=Cc2cccc(OC)c2)c1. The van der Waals surface area contributed by atoms with E-state index in [9.17, 15) is 9.59 Å². The fourth-order valence-corrected chi connectivity index (χ4v) is 2.66. The summed E-state index contributed by atoms with van der Waals surface area (Å²) in [6, 6.07) is 14.7. The molecule has 164 valence electrons. The van der Waals surface area contributed by atoms with Crippen LogP contribution in [0.15, 0.2) is 58.7 Å². The van der Waals surface area contributed by atoms with Crippen molar-refractivity contribution in [1.29, 1.82) is 0 Å². The Labute approximate surface area is 182 Å². The molecular weight excluding hydrogens is 396 g/mol. The van der Waals surface area contributed by atoms with Crippen molar-refractivity contribution in [1.82, 2.24) is 10.9 Å². The Morgan fingerprint density at radius 1 is 0.774 bits per heavy atom. The summed E-state index contributed by atoms with van der Waals surface area (Å²) >= 11 is 0. The van der Waals surface area contributed by atoms with Crippen LogP contribution in [0.2, 0.25) is 0 Å². The summed E-state index contributed by atoms with van der Waals surface area (Å²) in [5.41, 5.74) is 6.67. The number of benzene rings is 2. The van der Waals surface area contributed by atoms with E-state index in [1.165, 1.54) is 0 Å². The minimum atomic E-state index is -0.161. The molecule has 0 heterocycles. The highest BCUT2D eigenvalue weighted by Crippen LogP contribution is 2.11. The number of nitrogens with one attached hydrogen (secondary N) is 2. The summed E-state index contributed by atoms with van der Waals surface area (Å²) in [6.07, 6.45) is 5.96. The van der Waals surface area contributed by atoms with E-state index >= 15 is 0 Å². The maximum Gasteiger partial charge on any atom is 0.240 e. The van der Waals surface area contributed by atoms with Crippen molar-refractivity contribution in [3.63, 3.8) is 0 Å². The number of hydrogen-bond donors (Lipinski definition) is 2. The molecule has 0 radical (unpaired) electrons. The summed E-state index contributed by atoms with van der Waals surface area (Å²) in [7, 11) is 3.19. The first kappa shape index (κ1) is 23.6. The van der Waals surface area contributed by atoms with Crippen LogP contribution in [-0.4, -0.2) is 38.5 Å². The number of rotatable bonds is 12. The Hall–Kier alpha value is -3.68. The first-order valence-corrected chi connectivity index (χ1v) is 10.0. The molecule has 8 heteroatoms. The van der Waals surface area contributed by atoms with Crippen LogP contribution in [0.4, 0.5) is 0 Å². The van der Waals surface area contributed by atoms with E-state index in [2.05, 4.69) is 21.1 Å². The highest BCUT2D eigenvalue weighted by Gasteiger charge is 2.02. The molecule has 0 aliphatic heterocycles. The standard InChI is InChI=1S/C23H28N4O4/c1-30-20-10-6-8-18(14-20)16-24-26-22(28)12-4-3-5-13-23(29)27-25-17-19-9-7-11-21(15-19)31-2/h6-11,14-17H,3-5,12-13H2,1-2H3,(H,26,28)(H,27,29). The zero-order valence-electron chi connectivity index (χ0n) is 17.8. The van der Waals surface area contributed by atoms with Gasteiger partial charge in [0.15, 0.2) is 0 Å². The zero-order chi connectivity index (χ0) is 22.3. The molecule has 2 rings (SSSR count). The van der Waals surface area contributed by atoms with Crippen LogP contribution in [0.5, 0.6) is 11.5 Å². The van der Waals surface area contributed by atoms with Crippen molar-refractivity contribution in [3.8, 4) is 11.5 Å². The van der Waals surface area contributed by atoms with E-state index < -0.39 is 0 Å². The van der Waals surface area contributed by atoms with Gasteiger partial charge in [0.2, 0.25) is 11.8 Å². The van der Waals surface area contributed by atoms with E-state index in [1.807, 2.05) is 48.5 Å². The average molecular weight is 425 g/mol. The Bertz CT molecular complexity index is 838. The fourth-order valence-electron chi connectivity index (χ4n) is 2.66. The summed E-state index contributed by atoms with van der Waals surface area (Å²) in [5, 5.41) is 7.89. The summed E-state index contributed by atoms with van der Waals surface area (Å²) in [5.74, 6) is 1.13. The van der Waals surface area contributed by atoms with Crippen LogP contribution in [0, 0.1) is 0 Å². The number of methoxy groups -OCH3 is 2. The zero-order valence-corrected chi connectivity index (χ0v) is 17.8. The molecule has 0 aliphatic carbocycles. The minimum absolute atomic E-state index is 0.161. The lowest BCUT2D eigenvalue weighted by Crippen LogP contribution is -2.18. The van der Waals surface area contributed by atoms with Crippen LogP contribution in [0.1, 0.15) is 43.2 Å². The van der Waals surface area contributed by atoms with Crippen LogP contribution in [0.3, 0.4) is 0 Å². The predicted molar refractivity (Wildman–Crippen MR) is 121 cm³/mol. The number of carbonyl (C=O) groups is 2. The molecule has 0 saturated carbocycles. The van der Waals surface area contributed by atoms with Crippen LogP contribution < -0.4 is 20.3 Å². The van der Waals surface area contributed by atoms with Gasteiger partial charge in [-0.15, -0.1) is 0 Å². The largest absolute Gasteiger partial charge is 0.497 e. The average Bonchev–Trinajstić information content (AvgIpc) is 2.79. The molecule has 0 fully saturated rings. The molecule has 31 heavy (non-hydrogen) atoms. The second-order valence-electron chi connectivity index (χ2n) is 6.70. The van der Waals surface area contributed by atoms with E-state index in [1.54, 1.807) is 26.6 Å². The number of hydrazone groups is 2. The molecule has 2 aromatic carbocycles. The van der Waals surface area contributed by atoms with E-state index in [0.29, 0.717) is 25.7 Å². The number of unbranched alkanes of at least 4 members (excludes halogenated alkanes) is 2. The van der Waals surface area contributed by atoms with Gasteiger partial charge in [-0.3, -0.25) is 9.59 Å². The molecule has 0 bridgehead atoms. The molecule has 2 amide bonds. The second-order valence-corrected chi connectivity index (χ2v) is 6.70. The highest BCUT2D eigenvalue weighted by molar-refractivity contribution is 5.83. The van der Waals surface area contributed by atoms with Crippen molar-refractivity contribution < 1.29 is 19.1 Å². The summed E-state index contributed by atoms with van der Waals surface area (Å²) in [4.78, 5) is 23.6. The normalized spacial score (nSPS) is 10.9. The Morgan fingerprint density at radius 2 is 1.23 bits per heavy atom. The number of hydrogen-bond acceptors (Lipinski definition) is 6. The summed E-state index contributed by atoms with van der Waals surface area (Å²) < 4.78 is 10.3. The van der Waals surface area contributed by atoms with Gasteiger partial charge < -0.3 is 9.47 Å². The number of amides is 2. The van der Waals surface area contributed by atoms with Crippen molar-refractivity contribution in [2.45, 2.75) is 32.1 Å². The van der Waals surface area contributed by atoms with Crippen molar-refractivity contribution in [3.05, 3.63) is 59.7 Å². The van der Waals surface area contributed by atoms with Crippen molar-refractivity contribution in [2.24, 2.45) is 10.2 Å². The van der Waals surface area contributed by atoms with Crippen LogP contribution >= 0.6 is 0 Å². The lowest BCUT2D eigenvalue weighted by Gasteiger charge is -2.02. The van der Waals surface area contributed by atoms with Gasteiger partial charge in [-0.2, -0.15) is 10.2 Å². The molecule has 0 aromatic heterocycles. The molecule has 2 aromatic rings. The highest BCUT2D eigenvalue weighted by atomic mass is 16.5. The van der Waals surface area contributed by atoms with Crippen LogP contribution in [0.25, 0.3) is 0 Å². The van der Waals surface area contributed by atoms with Crippen molar-refractivity contribution >= 4 is 24.2 Å². The Morgan fingerprint density at radius 3 is 1.65 bits per heavy atom. The molecule has 0 saturated heterocycles. The Kier molecular flexibility index (Phi) is 10.3. The van der Waals surface area contributed by atoms with Gasteiger partial charge in [-0.05, 0) is 48.2 Å². The van der Waals surface area contributed by atoms with Gasteiger partial charge in [-0.1, -0.05) is 30.7 Å². The smallest absolute Gasteiger partial charge is 0.240 e. The number of ether oxygens (including phenoxy) is 2. The number of carbonyl (C=O) groups excluding carboxylic acids is 2. The number of nitrogens with zero attached hydrogens (tertiary/aromatic N) is 2. The lowest BCUT2D eigenvalue weighted by atomic mass is 10.1. The molecule has 8 nitrogen and oxygen atoms in total. The topological polar surface area (TPSA) is 101 Å². The third-order valence-corrected chi connectivity index (χ3v) is 4.30. The van der Waals surface area contributed by atoms with E-state index in [0.717, 1.165) is 29.0 Å². The third kappa shape index (κ3) is 9.58. The van der Waals surface area contributed by atoms with Gasteiger partial charge in [0.25, 0.3) is 0 Å². The molecule has 0 atom stereocenters. The third-order valence-electron chi connectivity index (χ3n) is 4.30. The monoisotopic (exact) mass is 424 g/mol. The minimum Gasteiger partial charge on any atom is -0.497 e. The van der Waals surface area contributed by atoms with Gasteiger partial charge >= 0.3 is 0 Å². The maximum absolute atomic E-state index is 11.8. The predicted octanol–water partition coefficient (Wildman–Crippen LogP) is 3.25. The molecule has 0 unspecified atom stereocenters. The lowest BCUT2D eigenvalue weighted by molar-refractivity contribution is -0.121. The van der Waals surface area contributed by atoms with E-state index in [4.69, 9.17) is 9.47 Å². The molecular formula is C23H28N4O4. The molecule has 2 N–H and O–H groups in total. The first-order chi connectivity index (χ1) is 15.1. The van der Waals surface area contributed by atoms with Crippen molar-refractivity contribution in [2.75, 3.05) is 14.2 Å². The quantitative estimate of drug-likeness (QED) is 0.310. The van der Waals surface area contributed by atoms with Gasteiger partial charge in [0.05, 0.1) is 26.6 Å². The maximum atomic E-state index is 11.8. The fraction of sp³-hybridized carbons (Fsp3) is 0.304. The van der Waals surface area contributed by atoms with Gasteiger partial charge in [-0.25, -0.2) is 10.9 Å². The van der Waals surface area contributed by atoms with Crippen LogP contribution in [-0.2, 0) is 9.59 Å². The van der Waals surface area contributed by atoms with Gasteiger partial charge in [0.1, 0.15) is 11.5 Å². The first-order valence-electron chi connectivity index (χ1n) is 10.0.